The number of pyridine rings is 2. The number of aromatic nitrogens is 6. The number of hydrogen-bond acceptors (Lipinski definition) is 13. The quantitative estimate of drug-likeness (QED) is 0.128. The zero-order valence-electron chi connectivity index (χ0n) is 37.0. The fourth-order valence-corrected chi connectivity index (χ4v) is 8.71. The first kappa shape index (κ1) is 44.0. The number of ether oxygens (including phenoxy) is 1. The first-order valence-electron chi connectivity index (χ1n) is 22.0. The van der Waals surface area contributed by atoms with Gasteiger partial charge in [0.2, 0.25) is 17.8 Å². The Bertz CT molecular complexity index is 2510. The number of rotatable bonds is 13. The number of likely N-dealkylation sites (N-methyl/N-ethyl adjacent to an activating group) is 1. The van der Waals surface area contributed by atoms with Gasteiger partial charge in [-0.3, -0.25) is 38.6 Å². The van der Waals surface area contributed by atoms with Gasteiger partial charge in [0, 0.05) is 105 Å². The van der Waals surface area contributed by atoms with Crippen LogP contribution in [0.25, 0.3) is 21.9 Å². The molecule has 0 aliphatic carbocycles. The number of benzene rings is 1. The number of anilines is 4. The van der Waals surface area contributed by atoms with Crippen LogP contribution >= 0.6 is 0 Å². The van der Waals surface area contributed by atoms with Crippen molar-refractivity contribution < 1.29 is 23.4 Å². The molecule has 7 heterocycles. The molecule has 3 aliphatic rings. The summed E-state index contributed by atoms with van der Waals surface area (Å²) in [6.45, 7) is 16.2. The molecule has 1 unspecified atom stereocenters. The fraction of sp³-hybridized carbons (Fsp3) is 0.511. The number of imide groups is 1. The molecule has 17 nitrogen and oxygen atoms in total. The summed E-state index contributed by atoms with van der Waals surface area (Å²) in [6.07, 6.45) is 7.25. The fourth-order valence-electron chi connectivity index (χ4n) is 8.71. The number of aryl methyl sites for hydroxylation is 2. The van der Waals surface area contributed by atoms with E-state index in [1.54, 1.807) is 16.8 Å². The number of piperazine rings is 1. The molecule has 2 atom stereocenters. The van der Waals surface area contributed by atoms with Crippen molar-refractivity contribution in [3.8, 4) is 5.75 Å². The molecule has 4 aromatic heterocycles. The normalized spacial score (nSPS) is 18.3. The Labute approximate surface area is 366 Å². The van der Waals surface area contributed by atoms with Crippen LogP contribution in [0.15, 0.2) is 47.5 Å². The van der Waals surface area contributed by atoms with Crippen LogP contribution in [0.1, 0.15) is 87.8 Å². The van der Waals surface area contributed by atoms with Gasteiger partial charge in [0.1, 0.15) is 11.5 Å². The second kappa shape index (κ2) is 19.3. The van der Waals surface area contributed by atoms with Gasteiger partial charge in [0.05, 0.1) is 29.0 Å². The summed E-state index contributed by atoms with van der Waals surface area (Å²) in [6, 6.07) is 9.76. The molecule has 0 radical (unpaired) electrons. The van der Waals surface area contributed by atoms with Crippen molar-refractivity contribution in [1.82, 2.24) is 44.8 Å². The highest BCUT2D eigenvalue weighted by molar-refractivity contribution is 6.02. The standard InChI is InChI=1S/C43H54N12O5.C2H6.3H2/c1-6-7-28-21-46-43(49-39(28)47-30-18-29-19-35(60-25-37(57)44-4)42(59)55(26(2)3)40(29)45-22-30)54-13-12-27(24-54)23-52-14-16-53(17-15-52)31-8-9-32-34(20-31)51(5)50-38(32)33-10-11-36(56)48-41(33)58;1-2;;;/h8-9,18-22,26-27,33H,6-7,10-17,23-25H2,1-5H3,(H,44,57)(H,46,47,49)(H,48,56,58);1-2H3;3*1H/t27-,33?;;;;/m1..../s1. The summed E-state index contributed by atoms with van der Waals surface area (Å²) in [5.74, 6) is 0.774. The molecule has 0 saturated carbocycles. The maximum Gasteiger partial charge on any atom is 0.294 e. The molecule has 3 saturated heterocycles. The number of carbonyl (C=O) groups excluding carboxylic acids is 3. The van der Waals surface area contributed by atoms with Crippen molar-refractivity contribution in [3.05, 3.63) is 64.3 Å². The van der Waals surface area contributed by atoms with Gasteiger partial charge in [-0.25, -0.2) is 9.97 Å². The van der Waals surface area contributed by atoms with Gasteiger partial charge in [0.25, 0.3) is 11.5 Å². The summed E-state index contributed by atoms with van der Waals surface area (Å²) in [5, 5.41) is 14.9. The highest BCUT2D eigenvalue weighted by Gasteiger charge is 2.32. The van der Waals surface area contributed by atoms with Gasteiger partial charge >= 0.3 is 0 Å². The third-order valence-corrected chi connectivity index (χ3v) is 11.9. The smallest absolute Gasteiger partial charge is 0.294 e. The molecule has 3 amide bonds. The number of nitrogens with zero attached hydrogens (tertiary/aromatic N) is 9. The zero-order chi connectivity index (χ0) is 44.1. The average Bonchev–Trinajstić information content (AvgIpc) is 3.87. The van der Waals surface area contributed by atoms with Crippen LogP contribution < -0.4 is 36.0 Å². The molecule has 3 aliphatic heterocycles. The molecule has 62 heavy (non-hydrogen) atoms. The molecule has 3 N–H and O–H groups in total. The predicted molar refractivity (Wildman–Crippen MR) is 248 cm³/mol. The first-order chi connectivity index (χ1) is 30.0. The van der Waals surface area contributed by atoms with Crippen molar-refractivity contribution in [2.75, 3.05) is 74.6 Å². The molecule has 8 rings (SSSR count). The van der Waals surface area contributed by atoms with Crippen molar-refractivity contribution in [2.24, 2.45) is 13.0 Å². The second-order valence-electron chi connectivity index (χ2n) is 16.4. The van der Waals surface area contributed by atoms with Gasteiger partial charge in [-0.1, -0.05) is 27.2 Å². The van der Waals surface area contributed by atoms with Crippen LogP contribution in [-0.4, -0.2) is 111 Å². The number of amides is 3. The number of carbonyl (C=O) groups is 3. The topological polar surface area (TPSA) is 185 Å². The molecular weight excluding hydrogens is 789 g/mol. The Balaban J connectivity index is 0.00000182. The van der Waals surface area contributed by atoms with E-state index in [-0.39, 0.29) is 46.0 Å². The van der Waals surface area contributed by atoms with E-state index < -0.39 is 5.92 Å². The van der Waals surface area contributed by atoms with E-state index in [0.717, 1.165) is 98.7 Å². The van der Waals surface area contributed by atoms with E-state index in [0.29, 0.717) is 41.4 Å². The van der Waals surface area contributed by atoms with Crippen molar-refractivity contribution in [2.45, 2.75) is 78.7 Å². The average molecular weight is 855 g/mol. The molecule has 0 spiro atoms. The molecule has 17 heteroatoms. The monoisotopic (exact) mass is 855 g/mol. The lowest BCUT2D eigenvalue weighted by atomic mass is 9.93. The number of nitrogens with one attached hydrogen (secondary N) is 3. The lowest BCUT2D eigenvalue weighted by Crippen LogP contribution is -2.48. The Morgan fingerprint density at radius 1 is 1.00 bits per heavy atom. The summed E-state index contributed by atoms with van der Waals surface area (Å²) >= 11 is 0. The van der Waals surface area contributed by atoms with E-state index >= 15 is 0 Å². The zero-order valence-corrected chi connectivity index (χ0v) is 37.0. The molecule has 0 bridgehead atoms. The number of hydrogen-bond donors (Lipinski definition) is 3. The molecule has 3 fully saturated rings. The number of fused-ring (bicyclic) bond motifs is 2. The second-order valence-corrected chi connectivity index (χ2v) is 16.4. The van der Waals surface area contributed by atoms with E-state index in [9.17, 15) is 19.2 Å². The Hall–Kier alpha value is -6.10. The summed E-state index contributed by atoms with van der Waals surface area (Å²) in [4.78, 5) is 71.4. The maximum atomic E-state index is 13.3. The van der Waals surface area contributed by atoms with Crippen LogP contribution in [-0.2, 0) is 27.9 Å². The third-order valence-electron chi connectivity index (χ3n) is 11.9. The van der Waals surface area contributed by atoms with Gasteiger partial charge in [-0.2, -0.15) is 10.1 Å². The summed E-state index contributed by atoms with van der Waals surface area (Å²) in [5.41, 5.74) is 4.78. The van der Waals surface area contributed by atoms with Gasteiger partial charge < -0.3 is 25.2 Å². The number of piperidine rings is 1. The lowest BCUT2D eigenvalue weighted by Gasteiger charge is -2.37. The lowest BCUT2D eigenvalue weighted by molar-refractivity contribution is -0.134. The maximum absolute atomic E-state index is 13.3. The third kappa shape index (κ3) is 9.37. The van der Waals surface area contributed by atoms with Gasteiger partial charge in [-0.15, -0.1) is 0 Å². The van der Waals surface area contributed by atoms with Crippen molar-refractivity contribution in [3.63, 3.8) is 0 Å². The van der Waals surface area contributed by atoms with Crippen molar-refractivity contribution in [1.29, 1.82) is 0 Å². The molecule has 336 valence electrons. The highest BCUT2D eigenvalue weighted by atomic mass is 16.5. The minimum Gasteiger partial charge on any atom is -0.478 e. The molecular formula is C45H66N12O5. The SMILES string of the molecule is CC.CCCc1cnc(N2CC[C@H](CN3CCN(c4ccc5c(C6CCC(=O)NC6=O)nn(C)c5c4)CC3)C2)nc1Nc1cnc2c(c1)cc(OCC(=O)NC)c(=O)n2C(C)C.[HH].[HH].[HH]. The minimum absolute atomic E-state index is 0. The van der Waals surface area contributed by atoms with E-state index in [2.05, 4.69) is 55.8 Å². The minimum atomic E-state index is -0.417. The van der Waals surface area contributed by atoms with E-state index in [1.165, 1.54) is 7.05 Å². The van der Waals surface area contributed by atoms with Crippen molar-refractivity contribution >= 4 is 62.8 Å². The summed E-state index contributed by atoms with van der Waals surface area (Å²) in [7, 11) is 3.43. The molecule has 1 aromatic carbocycles. The van der Waals surface area contributed by atoms with Crippen LogP contribution in [0.2, 0.25) is 0 Å². The van der Waals surface area contributed by atoms with E-state index in [1.807, 2.05) is 51.7 Å². The Morgan fingerprint density at radius 3 is 2.52 bits per heavy atom. The largest absolute Gasteiger partial charge is 0.478 e. The predicted octanol–water partition coefficient (Wildman–Crippen LogP) is 5.41. The van der Waals surface area contributed by atoms with Crippen LogP contribution in [0.5, 0.6) is 5.75 Å². The van der Waals surface area contributed by atoms with E-state index in [4.69, 9.17) is 24.8 Å². The first-order valence-corrected chi connectivity index (χ1v) is 22.0. The summed E-state index contributed by atoms with van der Waals surface area (Å²) < 4.78 is 9.07. The van der Waals surface area contributed by atoms with Crippen LogP contribution in [0.4, 0.5) is 23.1 Å². The highest BCUT2D eigenvalue weighted by Crippen LogP contribution is 2.33. The van der Waals surface area contributed by atoms with Gasteiger partial charge in [-0.05, 0) is 69.4 Å². The molecule has 5 aromatic rings. The van der Waals surface area contributed by atoms with Gasteiger partial charge in [0.15, 0.2) is 12.4 Å². The Morgan fingerprint density at radius 2 is 1.79 bits per heavy atom. The van der Waals surface area contributed by atoms with Crippen LogP contribution in [0, 0.1) is 5.92 Å². The Kier molecular flexibility index (Phi) is 13.7. The van der Waals surface area contributed by atoms with Crippen LogP contribution in [0.3, 0.4) is 0 Å².